The third-order valence-electron chi connectivity index (χ3n) is 4.03. The summed E-state index contributed by atoms with van der Waals surface area (Å²) < 4.78 is 0. The summed E-state index contributed by atoms with van der Waals surface area (Å²) >= 11 is 0. The van der Waals surface area contributed by atoms with Crippen LogP contribution in [0.2, 0.25) is 0 Å². The van der Waals surface area contributed by atoms with Gasteiger partial charge in [-0.1, -0.05) is 31.4 Å². The van der Waals surface area contributed by atoms with E-state index in [1.807, 2.05) is 12.3 Å². The fraction of sp³-hybridized carbons (Fsp3) is 0.438. The molecule has 0 amide bonds. The van der Waals surface area contributed by atoms with Crippen molar-refractivity contribution in [3.8, 4) is 0 Å². The molecule has 0 aliphatic heterocycles. The number of fused-ring (bicyclic) bond motifs is 1. The number of rotatable bonds is 1. The zero-order chi connectivity index (χ0) is 12.4. The largest absolute Gasteiger partial charge is 0.392 e. The summed E-state index contributed by atoms with van der Waals surface area (Å²) in [6, 6.07) is 10.5. The number of aromatic nitrogens is 1. The minimum Gasteiger partial charge on any atom is -0.392 e. The molecule has 1 aliphatic rings. The molecule has 1 fully saturated rings. The molecule has 3 rings (SSSR count). The maximum Gasteiger partial charge on any atom is 0.0702 e. The molecule has 0 spiro atoms. The number of benzene rings is 1. The van der Waals surface area contributed by atoms with E-state index in [1.54, 1.807) is 0 Å². The van der Waals surface area contributed by atoms with Gasteiger partial charge in [0.25, 0.3) is 0 Å². The highest BCUT2D eigenvalue weighted by atomic mass is 16.3. The summed E-state index contributed by atoms with van der Waals surface area (Å²) in [5, 5.41) is 11.4. The van der Waals surface area contributed by atoms with Crippen molar-refractivity contribution in [1.82, 2.24) is 4.98 Å². The second-order valence-corrected chi connectivity index (χ2v) is 5.27. The van der Waals surface area contributed by atoms with Crippen LogP contribution in [0, 0.1) is 0 Å². The van der Waals surface area contributed by atoms with E-state index in [9.17, 15) is 5.11 Å². The number of hydrogen-bond donors (Lipinski definition) is 1. The molecular weight excluding hydrogens is 222 g/mol. The Hall–Kier alpha value is -1.41. The van der Waals surface area contributed by atoms with Crippen LogP contribution in [0.5, 0.6) is 0 Å². The summed E-state index contributed by atoms with van der Waals surface area (Å²) in [6.07, 6.45) is 7.33. The van der Waals surface area contributed by atoms with Crippen molar-refractivity contribution >= 4 is 10.9 Å². The first-order valence-corrected chi connectivity index (χ1v) is 6.87. The Kier molecular flexibility index (Phi) is 3.28. The molecule has 94 valence electrons. The third kappa shape index (κ3) is 2.25. The van der Waals surface area contributed by atoms with Crippen molar-refractivity contribution in [3.63, 3.8) is 0 Å². The number of aliphatic hydroxyl groups excluding tert-OH is 1. The van der Waals surface area contributed by atoms with Gasteiger partial charge in [-0.3, -0.25) is 4.98 Å². The average molecular weight is 241 g/mol. The van der Waals surface area contributed by atoms with Crippen molar-refractivity contribution in [3.05, 3.63) is 42.1 Å². The van der Waals surface area contributed by atoms with E-state index in [0.29, 0.717) is 5.92 Å². The van der Waals surface area contributed by atoms with Gasteiger partial charge in [-0.05, 0) is 36.6 Å². The first kappa shape index (κ1) is 11.7. The highest BCUT2D eigenvalue weighted by molar-refractivity contribution is 5.79. The predicted octanol–water partition coefficient (Wildman–Crippen LogP) is 3.64. The molecule has 2 atom stereocenters. The molecule has 1 N–H and O–H groups in total. The van der Waals surface area contributed by atoms with E-state index in [1.165, 1.54) is 23.8 Å². The third-order valence-corrected chi connectivity index (χ3v) is 4.03. The Morgan fingerprint density at radius 3 is 2.89 bits per heavy atom. The van der Waals surface area contributed by atoms with E-state index in [-0.39, 0.29) is 6.10 Å². The summed E-state index contributed by atoms with van der Waals surface area (Å²) in [5.41, 5.74) is 2.30. The van der Waals surface area contributed by atoms with Crippen LogP contribution < -0.4 is 0 Å². The Morgan fingerprint density at radius 1 is 1.06 bits per heavy atom. The van der Waals surface area contributed by atoms with E-state index in [2.05, 4.69) is 29.2 Å². The quantitative estimate of drug-likeness (QED) is 0.773. The van der Waals surface area contributed by atoms with Crippen LogP contribution in [0.25, 0.3) is 10.9 Å². The molecule has 1 heterocycles. The zero-order valence-corrected chi connectivity index (χ0v) is 10.5. The molecule has 18 heavy (non-hydrogen) atoms. The molecule has 0 bridgehead atoms. The normalized spacial score (nSPS) is 24.9. The van der Waals surface area contributed by atoms with E-state index >= 15 is 0 Å². The van der Waals surface area contributed by atoms with E-state index in [0.717, 1.165) is 24.8 Å². The molecule has 1 aromatic heterocycles. The summed E-state index contributed by atoms with van der Waals surface area (Å²) in [7, 11) is 0. The van der Waals surface area contributed by atoms with Crippen LogP contribution in [0.1, 0.15) is 43.6 Å². The molecule has 2 aromatic rings. The van der Waals surface area contributed by atoms with Crippen molar-refractivity contribution < 1.29 is 5.11 Å². The molecule has 0 saturated heterocycles. The van der Waals surface area contributed by atoms with Crippen molar-refractivity contribution in [2.75, 3.05) is 0 Å². The first-order chi connectivity index (χ1) is 8.84. The van der Waals surface area contributed by atoms with E-state index in [4.69, 9.17) is 0 Å². The smallest absolute Gasteiger partial charge is 0.0702 e. The predicted molar refractivity (Wildman–Crippen MR) is 73.6 cm³/mol. The van der Waals surface area contributed by atoms with E-state index < -0.39 is 0 Å². The van der Waals surface area contributed by atoms with Crippen LogP contribution in [0.15, 0.2) is 36.5 Å². The van der Waals surface area contributed by atoms with Crippen LogP contribution in [0.4, 0.5) is 0 Å². The summed E-state index contributed by atoms with van der Waals surface area (Å²) in [4.78, 5) is 4.34. The number of pyridine rings is 1. The second-order valence-electron chi connectivity index (χ2n) is 5.27. The number of hydrogen-bond acceptors (Lipinski definition) is 2. The van der Waals surface area contributed by atoms with Crippen molar-refractivity contribution in [1.29, 1.82) is 0 Å². The van der Waals surface area contributed by atoms with Crippen LogP contribution in [0.3, 0.4) is 0 Å². The standard InChI is InChI=1S/C16H19NO/c18-16-7-3-1-2-6-14(16)12-8-9-15-13(11-12)5-4-10-17-15/h4-5,8-11,14,16,18H,1-3,6-7H2. The molecule has 2 heteroatoms. The zero-order valence-electron chi connectivity index (χ0n) is 10.5. The summed E-state index contributed by atoms with van der Waals surface area (Å²) in [6.45, 7) is 0. The number of aliphatic hydroxyl groups is 1. The number of nitrogens with zero attached hydrogens (tertiary/aromatic N) is 1. The van der Waals surface area contributed by atoms with Gasteiger partial charge >= 0.3 is 0 Å². The molecule has 0 radical (unpaired) electrons. The first-order valence-electron chi connectivity index (χ1n) is 6.87. The summed E-state index contributed by atoms with van der Waals surface area (Å²) in [5.74, 6) is 0.303. The Balaban J connectivity index is 1.97. The highest BCUT2D eigenvalue weighted by Crippen LogP contribution is 2.33. The Bertz CT molecular complexity index is 537. The van der Waals surface area contributed by atoms with Gasteiger partial charge in [-0.15, -0.1) is 0 Å². The molecule has 1 saturated carbocycles. The lowest BCUT2D eigenvalue weighted by Crippen LogP contribution is -2.16. The fourth-order valence-corrected chi connectivity index (χ4v) is 3.00. The molecule has 2 nitrogen and oxygen atoms in total. The monoisotopic (exact) mass is 241 g/mol. The lowest BCUT2D eigenvalue weighted by atomic mass is 9.89. The van der Waals surface area contributed by atoms with Gasteiger partial charge < -0.3 is 5.11 Å². The van der Waals surface area contributed by atoms with Crippen LogP contribution in [-0.4, -0.2) is 16.2 Å². The Labute approximate surface area is 108 Å². The van der Waals surface area contributed by atoms with Crippen molar-refractivity contribution in [2.24, 2.45) is 0 Å². The van der Waals surface area contributed by atoms with Gasteiger partial charge in [0.15, 0.2) is 0 Å². The molecular formula is C16H19NO. The van der Waals surface area contributed by atoms with Gasteiger partial charge in [0.1, 0.15) is 0 Å². The highest BCUT2D eigenvalue weighted by Gasteiger charge is 2.23. The lowest BCUT2D eigenvalue weighted by Gasteiger charge is -2.21. The SMILES string of the molecule is OC1CCCCCC1c1ccc2ncccc2c1. The van der Waals surface area contributed by atoms with Crippen LogP contribution in [-0.2, 0) is 0 Å². The van der Waals surface area contributed by atoms with Gasteiger partial charge in [-0.25, -0.2) is 0 Å². The average Bonchev–Trinajstić information content (AvgIpc) is 2.63. The van der Waals surface area contributed by atoms with Gasteiger partial charge in [0.05, 0.1) is 11.6 Å². The van der Waals surface area contributed by atoms with Crippen molar-refractivity contribution in [2.45, 2.75) is 44.1 Å². The topological polar surface area (TPSA) is 33.1 Å². The Morgan fingerprint density at radius 2 is 1.94 bits per heavy atom. The van der Waals surface area contributed by atoms with Gasteiger partial charge in [-0.2, -0.15) is 0 Å². The minimum atomic E-state index is -0.179. The maximum atomic E-state index is 10.3. The van der Waals surface area contributed by atoms with Crippen LogP contribution >= 0.6 is 0 Å². The molecule has 1 aliphatic carbocycles. The maximum absolute atomic E-state index is 10.3. The second kappa shape index (κ2) is 5.07. The lowest BCUT2D eigenvalue weighted by molar-refractivity contribution is 0.135. The van der Waals surface area contributed by atoms with Gasteiger partial charge in [0, 0.05) is 17.5 Å². The molecule has 2 unspecified atom stereocenters. The fourth-order valence-electron chi connectivity index (χ4n) is 3.00. The van der Waals surface area contributed by atoms with Gasteiger partial charge in [0.2, 0.25) is 0 Å². The minimum absolute atomic E-state index is 0.179. The molecule has 1 aromatic carbocycles.